The van der Waals surface area contributed by atoms with Crippen molar-refractivity contribution in [3.05, 3.63) is 51.6 Å². The summed E-state index contributed by atoms with van der Waals surface area (Å²) in [6, 6.07) is 7.45. The van der Waals surface area contributed by atoms with Gasteiger partial charge in [-0.05, 0) is 43.5 Å². The Morgan fingerprint density at radius 1 is 1.24 bits per heavy atom. The zero-order chi connectivity index (χ0) is 15.4. The number of aryl methyl sites for hydroxylation is 2. The van der Waals surface area contributed by atoms with Crippen LogP contribution in [-0.2, 0) is 0 Å². The van der Waals surface area contributed by atoms with Gasteiger partial charge in [-0.2, -0.15) is 4.98 Å². The summed E-state index contributed by atoms with van der Waals surface area (Å²) in [6.45, 7) is 6.56. The maximum Gasteiger partial charge on any atom is 0.346 e. The number of carbonyl (C=O) groups is 1. The lowest BCUT2D eigenvalue weighted by atomic mass is 10.0. The molecule has 0 atom stereocenters. The molecule has 0 radical (unpaired) electrons. The Labute approximate surface area is 123 Å². The first kappa shape index (κ1) is 15.0. The van der Waals surface area contributed by atoms with Crippen LogP contribution in [0, 0.1) is 13.8 Å². The SMILES string of the molecule is CCCNC(=O)c1cc(-c2ccc(C)c(C)c2)nc(=O)[nH]1. The van der Waals surface area contributed by atoms with Gasteiger partial charge in [0.15, 0.2) is 0 Å². The fourth-order valence-corrected chi connectivity index (χ4v) is 1.96. The molecular formula is C16H19N3O2. The number of H-pyrrole nitrogens is 1. The minimum absolute atomic E-state index is 0.233. The lowest BCUT2D eigenvalue weighted by molar-refractivity contribution is 0.0948. The van der Waals surface area contributed by atoms with E-state index in [1.54, 1.807) is 6.07 Å². The largest absolute Gasteiger partial charge is 0.351 e. The summed E-state index contributed by atoms with van der Waals surface area (Å²) >= 11 is 0. The highest BCUT2D eigenvalue weighted by atomic mass is 16.2. The van der Waals surface area contributed by atoms with Crippen molar-refractivity contribution in [1.29, 1.82) is 0 Å². The van der Waals surface area contributed by atoms with Gasteiger partial charge in [0.1, 0.15) is 5.69 Å². The molecule has 0 saturated carbocycles. The van der Waals surface area contributed by atoms with E-state index in [1.165, 1.54) is 5.56 Å². The van der Waals surface area contributed by atoms with Gasteiger partial charge in [-0.15, -0.1) is 0 Å². The molecule has 0 saturated heterocycles. The Morgan fingerprint density at radius 2 is 2.00 bits per heavy atom. The van der Waals surface area contributed by atoms with Crippen molar-refractivity contribution in [2.75, 3.05) is 6.54 Å². The van der Waals surface area contributed by atoms with Gasteiger partial charge in [-0.3, -0.25) is 4.79 Å². The van der Waals surface area contributed by atoms with Crippen LogP contribution in [0.5, 0.6) is 0 Å². The van der Waals surface area contributed by atoms with Crippen molar-refractivity contribution < 1.29 is 4.79 Å². The number of aromatic nitrogens is 2. The van der Waals surface area contributed by atoms with E-state index in [4.69, 9.17) is 0 Å². The predicted molar refractivity (Wildman–Crippen MR) is 82.4 cm³/mol. The standard InChI is InChI=1S/C16H19N3O2/c1-4-7-17-15(20)14-9-13(18-16(21)19-14)12-6-5-10(2)11(3)8-12/h5-6,8-9H,4,7H2,1-3H3,(H,17,20)(H,18,19,21). The Bertz CT molecular complexity index is 720. The molecule has 2 N–H and O–H groups in total. The summed E-state index contributed by atoms with van der Waals surface area (Å²) < 4.78 is 0. The molecule has 0 fully saturated rings. The van der Waals surface area contributed by atoms with Crippen LogP contribution >= 0.6 is 0 Å². The summed E-state index contributed by atoms with van der Waals surface area (Å²) in [7, 11) is 0. The second-order valence-electron chi connectivity index (χ2n) is 5.04. The van der Waals surface area contributed by atoms with Crippen LogP contribution in [0.2, 0.25) is 0 Å². The molecule has 2 rings (SSSR count). The normalized spacial score (nSPS) is 10.4. The van der Waals surface area contributed by atoms with E-state index in [1.807, 2.05) is 39.0 Å². The zero-order valence-corrected chi connectivity index (χ0v) is 12.5. The molecule has 1 aromatic carbocycles. The zero-order valence-electron chi connectivity index (χ0n) is 12.5. The Hall–Kier alpha value is -2.43. The van der Waals surface area contributed by atoms with E-state index in [0.29, 0.717) is 12.2 Å². The summed E-state index contributed by atoms with van der Waals surface area (Å²) in [6.07, 6.45) is 0.838. The first-order chi connectivity index (χ1) is 10.0. The molecule has 1 aromatic heterocycles. The Morgan fingerprint density at radius 3 is 2.67 bits per heavy atom. The van der Waals surface area contributed by atoms with Gasteiger partial charge in [0.05, 0.1) is 5.69 Å². The van der Waals surface area contributed by atoms with Gasteiger partial charge in [0.2, 0.25) is 0 Å². The van der Waals surface area contributed by atoms with Crippen LogP contribution in [0.4, 0.5) is 0 Å². The molecule has 0 aliphatic carbocycles. The molecule has 1 amide bonds. The molecule has 5 heteroatoms. The third-order valence-electron chi connectivity index (χ3n) is 3.33. The minimum Gasteiger partial charge on any atom is -0.351 e. The number of benzene rings is 1. The second-order valence-corrected chi connectivity index (χ2v) is 5.04. The lowest BCUT2D eigenvalue weighted by Gasteiger charge is -2.07. The lowest BCUT2D eigenvalue weighted by Crippen LogP contribution is -2.27. The van der Waals surface area contributed by atoms with Gasteiger partial charge in [0.25, 0.3) is 5.91 Å². The molecule has 21 heavy (non-hydrogen) atoms. The molecular weight excluding hydrogens is 266 g/mol. The predicted octanol–water partition coefficient (Wildman–Crippen LogP) is 2.19. The summed E-state index contributed by atoms with van der Waals surface area (Å²) in [4.78, 5) is 30.0. The molecule has 1 heterocycles. The molecule has 5 nitrogen and oxygen atoms in total. The van der Waals surface area contributed by atoms with Crippen LogP contribution < -0.4 is 11.0 Å². The van der Waals surface area contributed by atoms with E-state index in [9.17, 15) is 9.59 Å². The number of aromatic amines is 1. The first-order valence-electron chi connectivity index (χ1n) is 6.98. The molecule has 0 aliphatic heterocycles. The number of rotatable bonds is 4. The van der Waals surface area contributed by atoms with E-state index >= 15 is 0 Å². The van der Waals surface area contributed by atoms with Crippen LogP contribution in [-0.4, -0.2) is 22.4 Å². The van der Waals surface area contributed by atoms with Crippen molar-refractivity contribution in [2.24, 2.45) is 0 Å². The van der Waals surface area contributed by atoms with Crippen molar-refractivity contribution in [3.63, 3.8) is 0 Å². The monoisotopic (exact) mass is 285 g/mol. The molecule has 2 aromatic rings. The highest BCUT2D eigenvalue weighted by Gasteiger charge is 2.10. The first-order valence-corrected chi connectivity index (χ1v) is 6.98. The van der Waals surface area contributed by atoms with Crippen molar-refractivity contribution in [3.8, 4) is 11.3 Å². The molecule has 0 bridgehead atoms. The van der Waals surface area contributed by atoms with Gasteiger partial charge in [-0.25, -0.2) is 4.79 Å². The van der Waals surface area contributed by atoms with Gasteiger partial charge >= 0.3 is 5.69 Å². The number of amides is 1. The number of carbonyl (C=O) groups excluding carboxylic acids is 1. The molecule has 0 spiro atoms. The van der Waals surface area contributed by atoms with Crippen molar-refractivity contribution in [1.82, 2.24) is 15.3 Å². The van der Waals surface area contributed by atoms with Gasteiger partial charge in [0, 0.05) is 12.1 Å². The van der Waals surface area contributed by atoms with E-state index in [-0.39, 0.29) is 11.6 Å². The van der Waals surface area contributed by atoms with Crippen LogP contribution in [0.15, 0.2) is 29.1 Å². The number of hydrogen-bond donors (Lipinski definition) is 2. The third kappa shape index (κ3) is 3.56. The summed E-state index contributed by atoms with van der Waals surface area (Å²) in [5.41, 5.74) is 3.33. The Balaban J connectivity index is 2.41. The smallest absolute Gasteiger partial charge is 0.346 e. The highest BCUT2D eigenvalue weighted by molar-refractivity contribution is 5.93. The Kier molecular flexibility index (Phi) is 4.52. The van der Waals surface area contributed by atoms with E-state index < -0.39 is 5.69 Å². The molecule has 0 unspecified atom stereocenters. The van der Waals surface area contributed by atoms with Crippen molar-refractivity contribution >= 4 is 5.91 Å². The van der Waals surface area contributed by atoms with Crippen LogP contribution in [0.3, 0.4) is 0 Å². The molecule has 0 aliphatic rings. The minimum atomic E-state index is -0.521. The fourth-order valence-electron chi connectivity index (χ4n) is 1.96. The second kappa shape index (κ2) is 6.35. The van der Waals surface area contributed by atoms with Crippen LogP contribution in [0.25, 0.3) is 11.3 Å². The molecule has 110 valence electrons. The maximum absolute atomic E-state index is 12.0. The topological polar surface area (TPSA) is 74.8 Å². The highest BCUT2D eigenvalue weighted by Crippen LogP contribution is 2.19. The van der Waals surface area contributed by atoms with Crippen molar-refractivity contribution in [2.45, 2.75) is 27.2 Å². The van der Waals surface area contributed by atoms with Gasteiger partial charge in [-0.1, -0.05) is 19.1 Å². The number of nitrogens with zero attached hydrogens (tertiary/aromatic N) is 1. The maximum atomic E-state index is 12.0. The van der Waals surface area contributed by atoms with E-state index in [0.717, 1.165) is 17.5 Å². The number of hydrogen-bond acceptors (Lipinski definition) is 3. The van der Waals surface area contributed by atoms with Crippen LogP contribution in [0.1, 0.15) is 35.0 Å². The number of nitrogens with one attached hydrogen (secondary N) is 2. The fraction of sp³-hybridized carbons (Fsp3) is 0.312. The summed E-state index contributed by atoms with van der Waals surface area (Å²) in [5.74, 6) is -0.290. The average Bonchev–Trinajstić information content (AvgIpc) is 2.47. The summed E-state index contributed by atoms with van der Waals surface area (Å²) in [5, 5.41) is 2.74. The van der Waals surface area contributed by atoms with E-state index in [2.05, 4.69) is 15.3 Å². The average molecular weight is 285 g/mol. The third-order valence-corrected chi connectivity index (χ3v) is 3.33. The van der Waals surface area contributed by atoms with Gasteiger partial charge < -0.3 is 10.3 Å². The quantitative estimate of drug-likeness (QED) is 0.904.